The Morgan fingerprint density at radius 3 is 2.59 bits per heavy atom. The van der Waals surface area contributed by atoms with Gasteiger partial charge in [0, 0.05) is 44.4 Å². The van der Waals surface area contributed by atoms with Gasteiger partial charge in [0.2, 0.25) is 5.95 Å². The van der Waals surface area contributed by atoms with E-state index in [1.54, 1.807) is 0 Å². The quantitative estimate of drug-likeness (QED) is 0.829. The van der Waals surface area contributed by atoms with Crippen LogP contribution >= 0.6 is 0 Å². The number of hydrogen-bond donors (Lipinski definition) is 1. The second-order valence-corrected chi connectivity index (χ2v) is 8.45. The summed E-state index contributed by atoms with van der Waals surface area (Å²) in [4.78, 5) is 11.1. The van der Waals surface area contributed by atoms with Crippen molar-refractivity contribution in [1.29, 1.82) is 0 Å². The molecule has 1 aliphatic rings. The van der Waals surface area contributed by atoms with Crippen molar-refractivity contribution in [3.05, 3.63) is 47.7 Å². The minimum absolute atomic E-state index is 0.105. The summed E-state index contributed by atoms with van der Waals surface area (Å²) in [5, 5.41) is 3.45. The van der Waals surface area contributed by atoms with Crippen molar-refractivity contribution >= 4 is 11.8 Å². The van der Waals surface area contributed by atoms with Crippen molar-refractivity contribution in [2.45, 2.75) is 51.0 Å². The van der Waals surface area contributed by atoms with Crippen molar-refractivity contribution in [2.75, 3.05) is 37.5 Å². The van der Waals surface area contributed by atoms with Gasteiger partial charge in [-0.2, -0.15) is 4.98 Å². The van der Waals surface area contributed by atoms with Gasteiger partial charge in [-0.1, -0.05) is 30.3 Å². The van der Waals surface area contributed by atoms with Gasteiger partial charge in [-0.25, -0.2) is 4.98 Å². The maximum absolute atomic E-state index is 6.01. The number of benzene rings is 1. The van der Waals surface area contributed by atoms with E-state index < -0.39 is 0 Å². The summed E-state index contributed by atoms with van der Waals surface area (Å²) in [5.41, 5.74) is 2.50. The number of anilines is 2. The van der Waals surface area contributed by atoms with Crippen molar-refractivity contribution < 1.29 is 4.74 Å². The highest BCUT2D eigenvalue weighted by Crippen LogP contribution is 2.43. The van der Waals surface area contributed by atoms with Gasteiger partial charge in [0.05, 0.1) is 5.60 Å². The molecule has 0 saturated carbocycles. The normalized spacial score (nSPS) is 21.7. The monoisotopic (exact) mass is 368 g/mol. The Labute approximate surface area is 163 Å². The lowest BCUT2D eigenvalue weighted by Gasteiger charge is -2.45. The fourth-order valence-corrected chi connectivity index (χ4v) is 4.26. The molecular weight excluding hydrogens is 336 g/mol. The molecule has 0 radical (unpaired) electrons. The zero-order valence-electron chi connectivity index (χ0n) is 17.2. The van der Waals surface area contributed by atoms with Gasteiger partial charge < -0.3 is 15.0 Å². The van der Waals surface area contributed by atoms with Crippen molar-refractivity contribution in [1.82, 2.24) is 9.97 Å². The third kappa shape index (κ3) is 4.59. The molecule has 1 fully saturated rings. The number of nitrogens with zero attached hydrogens (tertiary/aromatic N) is 3. The summed E-state index contributed by atoms with van der Waals surface area (Å²) in [6, 6.07) is 10.9. The number of ether oxygens (including phenoxy) is 1. The number of hydrogen-bond acceptors (Lipinski definition) is 5. The first-order valence-electron chi connectivity index (χ1n) is 9.76. The molecule has 1 unspecified atom stereocenters. The third-order valence-corrected chi connectivity index (χ3v) is 5.48. The average Bonchev–Trinajstić information content (AvgIpc) is 2.63. The molecule has 2 heterocycles. The van der Waals surface area contributed by atoms with Gasteiger partial charge >= 0.3 is 0 Å². The molecule has 3 rings (SSSR count). The molecule has 1 N–H and O–H groups in total. The molecule has 0 aliphatic carbocycles. The Bertz CT molecular complexity index is 760. The van der Waals surface area contributed by atoms with Crippen LogP contribution in [0.15, 0.2) is 36.5 Å². The largest absolute Gasteiger partial charge is 0.376 e. The first-order valence-corrected chi connectivity index (χ1v) is 9.76. The van der Waals surface area contributed by atoms with Crippen LogP contribution in [0.1, 0.15) is 44.2 Å². The summed E-state index contributed by atoms with van der Waals surface area (Å²) in [6.07, 6.45) is 4.97. The molecule has 1 aliphatic heterocycles. The molecule has 1 aromatic carbocycles. The second kappa shape index (κ2) is 7.85. The van der Waals surface area contributed by atoms with Crippen LogP contribution in [-0.2, 0) is 10.2 Å². The average molecular weight is 369 g/mol. The Balaban J connectivity index is 1.75. The molecule has 5 nitrogen and oxygen atoms in total. The van der Waals surface area contributed by atoms with Gasteiger partial charge in [0.15, 0.2) is 0 Å². The van der Waals surface area contributed by atoms with Gasteiger partial charge in [-0.3, -0.25) is 0 Å². The van der Waals surface area contributed by atoms with Crippen LogP contribution in [0, 0.1) is 6.92 Å². The summed E-state index contributed by atoms with van der Waals surface area (Å²) in [5.74, 6) is 1.65. The summed E-state index contributed by atoms with van der Waals surface area (Å²) < 4.78 is 6.01. The van der Waals surface area contributed by atoms with E-state index in [0.717, 1.165) is 43.8 Å². The van der Waals surface area contributed by atoms with Gasteiger partial charge in [-0.15, -0.1) is 0 Å². The van der Waals surface area contributed by atoms with E-state index in [-0.39, 0.29) is 11.0 Å². The summed E-state index contributed by atoms with van der Waals surface area (Å²) in [6.45, 7) is 8.07. The lowest BCUT2D eigenvalue weighted by Crippen LogP contribution is -2.45. The Morgan fingerprint density at radius 2 is 1.93 bits per heavy atom. The first-order chi connectivity index (χ1) is 12.8. The van der Waals surface area contributed by atoms with E-state index in [1.165, 1.54) is 5.56 Å². The molecule has 1 saturated heterocycles. The SMILES string of the molecule is Cc1cnc(NCCC2(c3ccccc3)CCOC(C)(C)C2)nc1N(C)C. The predicted molar refractivity (Wildman–Crippen MR) is 112 cm³/mol. The minimum atomic E-state index is -0.105. The third-order valence-electron chi connectivity index (χ3n) is 5.48. The second-order valence-electron chi connectivity index (χ2n) is 8.45. The first kappa shape index (κ1) is 19.6. The fraction of sp³-hybridized carbons (Fsp3) is 0.545. The van der Waals surface area contributed by atoms with E-state index in [9.17, 15) is 0 Å². The molecule has 2 aromatic rings. The van der Waals surface area contributed by atoms with E-state index >= 15 is 0 Å². The lowest BCUT2D eigenvalue weighted by atomic mass is 9.67. The van der Waals surface area contributed by atoms with Crippen molar-refractivity contribution in [2.24, 2.45) is 0 Å². The standard InChI is InChI=1S/C22H32N4O/c1-17-15-24-20(25-19(17)26(4)5)23-13-11-22(18-9-7-6-8-10-18)12-14-27-21(2,3)16-22/h6-10,15H,11-14,16H2,1-5H3,(H,23,24,25). The highest BCUT2D eigenvalue weighted by Gasteiger charge is 2.41. The van der Waals surface area contributed by atoms with Crippen LogP contribution < -0.4 is 10.2 Å². The van der Waals surface area contributed by atoms with Crippen LogP contribution in [0.4, 0.5) is 11.8 Å². The Kier molecular flexibility index (Phi) is 5.70. The molecule has 1 atom stereocenters. The maximum atomic E-state index is 6.01. The smallest absolute Gasteiger partial charge is 0.224 e. The Morgan fingerprint density at radius 1 is 1.19 bits per heavy atom. The number of aryl methyl sites for hydroxylation is 1. The van der Waals surface area contributed by atoms with E-state index in [0.29, 0.717) is 5.95 Å². The minimum Gasteiger partial charge on any atom is -0.376 e. The van der Waals surface area contributed by atoms with Crippen LogP contribution in [0.5, 0.6) is 0 Å². The maximum Gasteiger partial charge on any atom is 0.224 e. The molecule has 0 amide bonds. The topological polar surface area (TPSA) is 50.3 Å². The van der Waals surface area contributed by atoms with Crippen LogP contribution in [-0.4, -0.2) is 42.8 Å². The molecule has 146 valence electrons. The van der Waals surface area contributed by atoms with E-state index in [2.05, 4.69) is 59.5 Å². The zero-order chi connectivity index (χ0) is 19.5. The lowest BCUT2D eigenvalue weighted by molar-refractivity contribution is -0.0835. The van der Waals surface area contributed by atoms with E-state index in [4.69, 9.17) is 4.74 Å². The van der Waals surface area contributed by atoms with Crippen LogP contribution in [0.3, 0.4) is 0 Å². The Hall–Kier alpha value is -2.14. The fourth-order valence-electron chi connectivity index (χ4n) is 4.26. The highest BCUT2D eigenvalue weighted by molar-refractivity contribution is 5.47. The van der Waals surface area contributed by atoms with E-state index in [1.807, 2.05) is 32.1 Å². The number of rotatable bonds is 6. The van der Waals surface area contributed by atoms with Gasteiger partial charge in [0.1, 0.15) is 5.82 Å². The van der Waals surface area contributed by atoms with Gasteiger partial charge in [0.25, 0.3) is 0 Å². The highest BCUT2D eigenvalue weighted by atomic mass is 16.5. The van der Waals surface area contributed by atoms with Crippen LogP contribution in [0.25, 0.3) is 0 Å². The van der Waals surface area contributed by atoms with Crippen molar-refractivity contribution in [3.63, 3.8) is 0 Å². The molecule has 0 spiro atoms. The molecule has 5 heteroatoms. The van der Waals surface area contributed by atoms with Crippen LogP contribution in [0.2, 0.25) is 0 Å². The zero-order valence-corrected chi connectivity index (χ0v) is 17.2. The number of aromatic nitrogens is 2. The molecular formula is C22H32N4O. The molecule has 27 heavy (non-hydrogen) atoms. The predicted octanol–water partition coefficient (Wildman–Crippen LogP) is 4.18. The molecule has 1 aromatic heterocycles. The number of nitrogens with one attached hydrogen (secondary N) is 1. The van der Waals surface area contributed by atoms with Crippen molar-refractivity contribution in [3.8, 4) is 0 Å². The van der Waals surface area contributed by atoms with Gasteiger partial charge in [-0.05, 0) is 45.6 Å². The summed E-state index contributed by atoms with van der Waals surface area (Å²) >= 11 is 0. The summed E-state index contributed by atoms with van der Waals surface area (Å²) in [7, 11) is 4.02. The molecule has 0 bridgehead atoms.